The van der Waals surface area contributed by atoms with Gasteiger partial charge in [-0.3, -0.25) is 9.71 Å². The highest BCUT2D eigenvalue weighted by molar-refractivity contribution is 7.97. The maximum absolute atomic E-state index is 12.7. The highest BCUT2D eigenvalue weighted by atomic mass is 32.2. The third-order valence-electron chi connectivity index (χ3n) is 4.13. The van der Waals surface area contributed by atoms with Crippen LogP contribution in [0.4, 0.5) is 4.79 Å². The lowest BCUT2D eigenvalue weighted by atomic mass is 10.2. The Kier molecular flexibility index (Phi) is 7.22. The molecule has 3 rings (SSSR count). The van der Waals surface area contributed by atoms with Gasteiger partial charge in [0.1, 0.15) is 5.60 Å². The lowest BCUT2D eigenvalue weighted by molar-refractivity contribution is 0.0240. The molecule has 2 N–H and O–H groups in total. The number of hydrogen-bond acceptors (Lipinski definition) is 8. The summed E-state index contributed by atoms with van der Waals surface area (Å²) in [6, 6.07) is 8.24. The normalized spacial score (nSPS) is 12.7. The number of nitrogens with one attached hydrogen (secondary N) is 2. The van der Waals surface area contributed by atoms with Crippen molar-refractivity contribution in [3.8, 4) is 0 Å². The van der Waals surface area contributed by atoms with Crippen molar-refractivity contribution in [2.45, 2.75) is 50.7 Å². The van der Waals surface area contributed by atoms with Crippen LogP contribution in [0.25, 0.3) is 10.8 Å². The smallest absolute Gasteiger partial charge is 0.410 e. The molecule has 160 valence electrons. The maximum atomic E-state index is 12.7. The van der Waals surface area contributed by atoms with Crippen molar-refractivity contribution < 1.29 is 9.53 Å². The summed E-state index contributed by atoms with van der Waals surface area (Å²) >= 11 is 1.54. The van der Waals surface area contributed by atoms with E-state index in [-0.39, 0.29) is 12.1 Å². The van der Waals surface area contributed by atoms with Crippen molar-refractivity contribution in [1.82, 2.24) is 35.2 Å². The molecule has 30 heavy (non-hydrogen) atoms. The second-order valence-corrected chi connectivity index (χ2v) is 8.92. The van der Waals surface area contributed by atoms with Crippen molar-refractivity contribution in [3.05, 3.63) is 42.5 Å². The number of ether oxygens (including phenoxy) is 1. The van der Waals surface area contributed by atoms with Gasteiger partial charge in [0.15, 0.2) is 5.82 Å². The van der Waals surface area contributed by atoms with Crippen molar-refractivity contribution in [2.24, 2.45) is 0 Å². The molecule has 1 atom stereocenters. The number of amides is 1. The van der Waals surface area contributed by atoms with Crippen LogP contribution in [0.15, 0.2) is 41.6 Å². The number of carbonyl (C=O) groups excluding carboxylic acids is 1. The third-order valence-corrected chi connectivity index (χ3v) is 5.14. The van der Waals surface area contributed by atoms with E-state index in [9.17, 15) is 4.79 Å². The van der Waals surface area contributed by atoms with Gasteiger partial charge in [-0.2, -0.15) is 5.21 Å². The number of H-pyrrole nitrogens is 1. The molecule has 0 fully saturated rings. The molecule has 0 saturated carbocycles. The van der Waals surface area contributed by atoms with E-state index in [1.165, 1.54) is 11.9 Å². The number of hydrogen-bond donors (Lipinski definition) is 2. The second kappa shape index (κ2) is 9.86. The topological polar surface area (TPSA) is 109 Å². The highest BCUT2D eigenvalue weighted by Gasteiger charge is 2.24. The summed E-state index contributed by atoms with van der Waals surface area (Å²) in [6.45, 7) is 8.52. The Morgan fingerprint density at radius 1 is 1.30 bits per heavy atom. The molecule has 0 aliphatic heterocycles. The SMILES string of the molecule is C[C@H](CN(CCc1nn[nH]n1)C(=O)OC(C)(C)C)NSc1ccc2cnccc2c1. The number of aromatic nitrogens is 5. The maximum Gasteiger partial charge on any atom is 0.410 e. The van der Waals surface area contributed by atoms with Gasteiger partial charge in [0.05, 0.1) is 0 Å². The molecule has 0 aliphatic rings. The summed E-state index contributed by atoms with van der Waals surface area (Å²) in [6.07, 6.45) is 3.77. The fraction of sp³-hybridized carbons (Fsp3) is 0.450. The van der Waals surface area contributed by atoms with Gasteiger partial charge >= 0.3 is 6.09 Å². The average Bonchev–Trinajstić information content (AvgIpc) is 3.21. The van der Waals surface area contributed by atoms with E-state index in [0.717, 1.165) is 15.7 Å². The molecule has 10 heteroatoms. The minimum Gasteiger partial charge on any atom is -0.444 e. The van der Waals surface area contributed by atoms with Crippen molar-refractivity contribution in [3.63, 3.8) is 0 Å². The van der Waals surface area contributed by atoms with Gasteiger partial charge in [-0.05, 0) is 63.2 Å². The predicted octanol–water partition coefficient (Wildman–Crippen LogP) is 3.21. The van der Waals surface area contributed by atoms with Crippen LogP contribution in [0.5, 0.6) is 0 Å². The Morgan fingerprint density at radius 2 is 2.13 bits per heavy atom. The summed E-state index contributed by atoms with van der Waals surface area (Å²) in [7, 11) is 0. The van der Waals surface area contributed by atoms with Crippen molar-refractivity contribution >= 4 is 28.8 Å². The molecule has 3 aromatic rings. The van der Waals surface area contributed by atoms with Crippen LogP contribution >= 0.6 is 11.9 Å². The van der Waals surface area contributed by atoms with Crippen LogP contribution < -0.4 is 4.72 Å². The first-order chi connectivity index (χ1) is 14.3. The quantitative estimate of drug-likeness (QED) is 0.526. The summed E-state index contributed by atoms with van der Waals surface area (Å²) in [5.74, 6) is 0.559. The van der Waals surface area contributed by atoms with Gasteiger partial charge in [0, 0.05) is 48.2 Å². The van der Waals surface area contributed by atoms with Crippen LogP contribution in [0.2, 0.25) is 0 Å². The van der Waals surface area contributed by atoms with Crippen LogP contribution in [0, 0.1) is 0 Å². The highest BCUT2D eigenvalue weighted by Crippen LogP contribution is 2.21. The Labute approximate surface area is 180 Å². The Balaban J connectivity index is 1.58. The lowest BCUT2D eigenvalue weighted by Crippen LogP contribution is -2.44. The van der Waals surface area contributed by atoms with Crippen LogP contribution in [0.3, 0.4) is 0 Å². The van der Waals surface area contributed by atoms with Crippen molar-refractivity contribution in [1.29, 1.82) is 0 Å². The van der Waals surface area contributed by atoms with E-state index in [1.54, 1.807) is 11.1 Å². The molecule has 9 nitrogen and oxygen atoms in total. The Morgan fingerprint density at radius 3 is 2.87 bits per heavy atom. The zero-order valence-corrected chi connectivity index (χ0v) is 18.4. The molecule has 2 aromatic heterocycles. The van der Waals surface area contributed by atoms with Crippen LogP contribution in [-0.2, 0) is 11.2 Å². The van der Waals surface area contributed by atoms with Gasteiger partial charge in [-0.15, -0.1) is 10.2 Å². The second-order valence-electron chi connectivity index (χ2n) is 8.01. The Bertz CT molecular complexity index is 959. The number of aromatic amines is 1. The number of tetrazole rings is 1. The van der Waals surface area contributed by atoms with Gasteiger partial charge < -0.3 is 9.64 Å². The zero-order valence-electron chi connectivity index (χ0n) is 17.6. The molecular formula is C20H27N7O2S. The molecule has 1 aromatic carbocycles. The molecule has 0 spiro atoms. The largest absolute Gasteiger partial charge is 0.444 e. The van der Waals surface area contributed by atoms with E-state index in [2.05, 4.69) is 48.5 Å². The minimum atomic E-state index is -0.563. The molecule has 0 saturated heterocycles. The predicted molar refractivity (Wildman–Crippen MR) is 116 cm³/mol. The van der Waals surface area contributed by atoms with E-state index in [1.807, 2.05) is 40.0 Å². The standard InChI is InChI=1S/C20H27N7O2S/c1-14(24-30-17-6-5-16-12-21-9-7-15(16)11-17)13-27(19(28)29-20(2,3)4)10-8-18-22-25-26-23-18/h5-7,9,11-12,14,24H,8,10,13H2,1-4H3,(H,22,23,25,26)/t14-/m1/s1. The number of benzene rings is 1. The summed E-state index contributed by atoms with van der Waals surface area (Å²) in [4.78, 5) is 19.6. The number of nitrogens with zero attached hydrogens (tertiary/aromatic N) is 5. The molecule has 0 aliphatic carbocycles. The summed E-state index contributed by atoms with van der Waals surface area (Å²) in [5.41, 5.74) is -0.563. The first-order valence-corrected chi connectivity index (χ1v) is 10.6. The fourth-order valence-corrected chi connectivity index (χ4v) is 3.50. The third kappa shape index (κ3) is 6.67. The van der Waals surface area contributed by atoms with E-state index in [4.69, 9.17) is 4.74 Å². The summed E-state index contributed by atoms with van der Waals surface area (Å²) in [5, 5.41) is 16.1. The first kappa shape index (κ1) is 22.0. The van der Waals surface area contributed by atoms with Gasteiger partial charge in [-0.25, -0.2) is 4.79 Å². The molecule has 2 heterocycles. The van der Waals surface area contributed by atoms with E-state index < -0.39 is 5.60 Å². The fourth-order valence-electron chi connectivity index (χ4n) is 2.77. The average molecular weight is 430 g/mol. The first-order valence-electron chi connectivity index (χ1n) is 9.76. The number of pyridine rings is 1. The molecule has 0 unspecified atom stereocenters. The molecule has 1 amide bonds. The number of carbonyl (C=O) groups is 1. The monoisotopic (exact) mass is 429 g/mol. The molecular weight excluding hydrogens is 402 g/mol. The van der Waals surface area contributed by atoms with Crippen molar-refractivity contribution in [2.75, 3.05) is 13.1 Å². The minimum absolute atomic E-state index is 0.0286. The Hall–Kier alpha value is -2.72. The van der Waals surface area contributed by atoms with Gasteiger partial charge in [0.25, 0.3) is 0 Å². The molecule has 0 radical (unpaired) electrons. The van der Waals surface area contributed by atoms with Gasteiger partial charge in [-0.1, -0.05) is 11.3 Å². The number of rotatable bonds is 8. The van der Waals surface area contributed by atoms with Gasteiger partial charge in [0.2, 0.25) is 0 Å². The van der Waals surface area contributed by atoms with Crippen LogP contribution in [0.1, 0.15) is 33.5 Å². The lowest BCUT2D eigenvalue weighted by Gasteiger charge is -2.29. The van der Waals surface area contributed by atoms with E-state index >= 15 is 0 Å². The molecule has 0 bridgehead atoms. The van der Waals surface area contributed by atoms with Crippen LogP contribution in [-0.4, -0.2) is 61.3 Å². The number of fused-ring (bicyclic) bond motifs is 1. The summed E-state index contributed by atoms with van der Waals surface area (Å²) < 4.78 is 8.97. The van der Waals surface area contributed by atoms with E-state index in [0.29, 0.717) is 25.3 Å². The zero-order chi connectivity index (χ0) is 21.6.